The first kappa shape index (κ1) is 16.7. The summed E-state index contributed by atoms with van der Waals surface area (Å²) in [6.45, 7) is 1.91. The van der Waals surface area contributed by atoms with Crippen LogP contribution in [0.25, 0.3) is 32.9 Å². The Hall–Kier alpha value is -2.73. The van der Waals surface area contributed by atoms with E-state index in [9.17, 15) is 13.2 Å². The third kappa shape index (κ3) is 2.97. The largest absolute Gasteiger partial charge is 0.573 e. The van der Waals surface area contributed by atoms with Gasteiger partial charge in [-0.05, 0) is 42.8 Å². The maximum atomic E-state index is 12.3. The number of benzene rings is 2. The van der Waals surface area contributed by atoms with Gasteiger partial charge in [-0.1, -0.05) is 23.7 Å². The second-order valence-electron chi connectivity index (χ2n) is 5.89. The lowest BCUT2D eigenvalue weighted by Gasteiger charge is -2.10. The second-order valence-corrected chi connectivity index (χ2v) is 6.33. The van der Waals surface area contributed by atoms with Gasteiger partial charge in [-0.3, -0.25) is 4.98 Å². The number of rotatable bonds is 2. The van der Waals surface area contributed by atoms with Crippen LogP contribution in [0.2, 0.25) is 5.02 Å². The highest BCUT2D eigenvalue weighted by atomic mass is 35.5. The summed E-state index contributed by atoms with van der Waals surface area (Å²) in [4.78, 5) is 7.65. The number of aryl methyl sites for hydroxylation is 1. The predicted octanol–water partition coefficient (Wildman–Crippen LogP) is 6.24. The summed E-state index contributed by atoms with van der Waals surface area (Å²) in [6.07, 6.45) is -2.98. The minimum atomic E-state index is -4.72. The predicted molar refractivity (Wildman–Crippen MR) is 95.5 cm³/mol. The van der Waals surface area contributed by atoms with Crippen molar-refractivity contribution >= 4 is 33.4 Å². The molecule has 0 aliphatic carbocycles. The van der Waals surface area contributed by atoms with Gasteiger partial charge in [0.2, 0.25) is 0 Å². The molecular formula is C19H12ClF3N2O. The molecule has 0 aliphatic heterocycles. The minimum Gasteiger partial charge on any atom is -0.406 e. The number of ether oxygens (including phenoxy) is 1. The van der Waals surface area contributed by atoms with Gasteiger partial charge in [0, 0.05) is 27.6 Å². The zero-order chi connectivity index (χ0) is 18.5. The van der Waals surface area contributed by atoms with Crippen LogP contribution in [-0.2, 0) is 0 Å². The lowest BCUT2D eigenvalue weighted by Crippen LogP contribution is -2.16. The van der Waals surface area contributed by atoms with Crippen molar-refractivity contribution in [3.05, 3.63) is 59.4 Å². The number of nitrogens with zero attached hydrogens (tertiary/aromatic N) is 1. The summed E-state index contributed by atoms with van der Waals surface area (Å²) in [6, 6.07) is 11.3. The molecule has 3 nitrogen and oxygen atoms in total. The fourth-order valence-electron chi connectivity index (χ4n) is 3.09. The van der Waals surface area contributed by atoms with E-state index in [1.807, 2.05) is 19.1 Å². The molecule has 0 fully saturated rings. The van der Waals surface area contributed by atoms with E-state index in [0.717, 1.165) is 38.6 Å². The summed E-state index contributed by atoms with van der Waals surface area (Å²) >= 11 is 6.29. The number of fused-ring (bicyclic) bond motifs is 3. The van der Waals surface area contributed by atoms with E-state index in [1.54, 1.807) is 24.4 Å². The van der Waals surface area contributed by atoms with Crippen molar-refractivity contribution in [2.24, 2.45) is 0 Å². The fraction of sp³-hybridized carbons (Fsp3) is 0.105. The first-order valence-electron chi connectivity index (χ1n) is 7.74. The number of pyridine rings is 1. The minimum absolute atomic E-state index is 0.267. The van der Waals surface area contributed by atoms with Gasteiger partial charge in [0.1, 0.15) is 5.75 Å². The Morgan fingerprint density at radius 3 is 2.42 bits per heavy atom. The van der Waals surface area contributed by atoms with Crippen LogP contribution in [0.5, 0.6) is 5.75 Å². The van der Waals surface area contributed by atoms with E-state index in [1.165, 1.54) is 12.1 Å². The number of hydrogen-bond acceptors (Lipinski definition) is 2. The van der Waals surface area contributed by atoms with Crippen LogP contribution in [0.4, 0.5) is 13.2 Å². The molecule has 132 valence electrons. The molecule has 0 amide bonds. The zero-order valence-electron chi connectivity index (χ0n) is 13.5. The number of halogens is 4. The first-order chi connectivity index (χ1) is 12.3. The Kier molecular flexibility index (Phi) is 3.80. The number of nitrogens with one attached hydrogen (secondary N) is 1. The number of H-pyrrole nitrogens is 1. The molecule has 0 saturated heterocycles. The molecule has 7 heteroatoms. The van der Waals surface area contributed by atoms with Crippen molar-refractivity contribution in [3.8, 4) is 16.9 Å². The Balaban J connectivity index is 1.88. The van der Waals surface area contributed by atoms with Crippen LogP contribution in [0, 0.1) is 6.92 Å². The van der Waals surface area contributed by atoms with Crippen molar-refractivity contribution in [2.75, 3.05) is 0 Å². The van der Waals surface area contributed by atoms with Gasteiger partial charge >= 0.3 is 6.36 Å². The van der Waals surface area contributed by atoms with Crippen molar-refractivity contribution in [3.63, 3.8) is 0 Å². The Labute approximate surface area is 151 Å². The molecule has 0 radical (unpaired) electrons. The van der Waals surface area contributed by atoms with Gasteiger partial charge in [-0.2, -0.15) is 0 Å². The Bertz CT molecular complexity index is 1120. The monoisotopic (exact) mass is 376 g/mol. The third-order valence-corrected chi connectivity index (χ3v) is 4.40. The summed E-state index contributed by atoms with van der Waals surface area (Å²) in [5.74, 6) is -0.267. The van der Waals surface area contributed by atoms with Gasteiger partial charge < -0.3 is 9.72 Å². The summed E-state index contributed by atoms with van der Waals surface area (Å²) in [5.41, 5.74) is 4.13. The number of alkyl halides is 3. The molecule has 0 saturated carbocycles. The van der Waals surface area contributed by atoms with E-state index in [4.69, 9.17) is 11.6 Å². The van der Waals surface area contributed by atoms with Crippen LogP contribution in [0.15, 0.2) is 48.7 Å². The van der Waals surface area contributed by atoms with E-state index in [0.29, 0.717) is 5.02 Å². The molecule has 0 atom stereocenters. The molecule has 0 unspecified atom stereocenters. The molecule has 4 rings (SSSR count). The van der Waals surface area contributed by atoms with Crippen molar-refractivity contribution < 1.29 is 17.9 Å². The second kappa shape index (κ2) is 5.92. The molecule has 0 spiro atoms. The number of aromatic amines is 1. The molecule has 1 N–H and O–H groups in total. The van der Waals surface area contributed by atoms with E-state index in [-0.39, 0.29) is 5.75 Å². The highest BCUT2D eigenvalue weighted by molar-refractivity contribution is 6.32. The van der Waals surface area contributed by atoms with Gasteiger partial charge in [0.25, 0.3) is 0 Å². The maximum absolute atomic E-state index is 12.3. The lowest BCUT2D eigenvalue weighted by molar-refractivity contribution is -0.274. The van der Waals surface area contributed by atoms with Gasteiger partial charge in [-0.25, -0.2) is 0 Å². The smallest absolute Gasteiger partial charge is 0.406 e. The van der Waals surface area contributed by atoms with Gasteiger partial charge in [-0.15, -0.1) is 13.2 Å². The topological polar surface area (TPSA) is 37.9 Å². The molecule has 4 aromatic rings. The number of aromatic nitrogens is 2. The maximum Gasteiger partial charge on any atom is 0.573 e. The summed E-state index contributed by atoms with van der Waals surface area (Å²) in [5, 5.41) is 2.47. The standard InChI is InChI=1S/C19H12ClF3N2O/c1-10-17-14(6-7-24-10)16-9-12(20)8-15(18(16)25-17)11-2-4-13(5-3-11)26-19(21,22)23/h2-9,25H,1H3. The van der Waals surface area contributed by atoms with Crippen molar-refractivity contribution in [2.45, 2.75) is 13.3 Å². The molecule has 0 bridgehead atoms. The molecule has 0 aliphatic rings. The fourth-order valence-corrected chi connectivity index (χ4v) is 3.31. The SMILES string of the molecule is Cc1nccc2c1[nH]c1c(-c3ccc(OC(F)(F)F)cc3)cc(Cl)cc12. The van der Waals surface area contributed by atoms with E-state index in [2.05, 4.69) is 14.7 Å². The molecule has 2 aromatic heterocycles. The third-order valence-electron chi connectivity index (χ3n) is 4.18. The van der Waals surface area contributed by atoms with Gasteiger partial charge in [0.15, 0.2) is 0 Å². The summed E-state index contributed by atoms with van der Waals surface area (Å²) < 4.78 is 40.9. The first-order valence-corrected chi connectivity index (χ1v) is 8.12. The van der Waals surface area contributed by atoms with Gasteiger partial charge in [0.05, 0.1) is 16.7 Å². The van der Waals surface area contributed by atoms with E-state index >= 15 is 0 Å². The van der Waals surface area contributed by atoms with Crippen LogP contribution in [0.1, 0.15) is 5.69 Å². The van der Waals surface area contributed by atoms with Crippen LogP contribution in [0.3, 0.4) is 0 Å². The van der Waals surface area contributed by atoms with Crippen molar-refractivity contribution in [1.82, 2.24) is 9.97 Å². The molecular weight excluding hydrogens is 365 g/mol. The molecule has 26 heavy (non-hydrogen) atoms. The highest BCUT2D eigenvalue weighted by Crippen LogP contribution is 2.37. The van der Waals surface area contributed by atoms with Crippen LogP contribution in [-0.4, -0.2) is 16.3 Å². The average molecular weight is 377 g/mol. The Morgan fingerprint density at radius 1 is 1.00 bits per heavy atom. The number of hydrogen-bond donors (Lipinski definition) is 1. The molecule has 2 aromatic carbocycles. The molecule has 2 heterocycles. The van der Waals surface area contributed by atoms with E-state index < -0.39 is 6.36 Å². The Morgan fingerprint density at radius 2 is 1.73 bits per heavy atom. The van der Waals surface area contributed by atoms with Crippen molar-refractivity contribution in [1.29, 1.82) is 0 Å². The van der Waals surface area contributed by atoms with Crippen LogP contribution >= 0.6 is 11.6 Å². The highest BCUT2D eigenvalue weighted by Gasteiger charge is 2.31. The zero-order valence-corrected chi connectivity index (χ0v) is 14.2. The average Bonchev–Trinajstić information content (AvgIpc) is 2.94. The summed E-state index contributed by atoms with van der Waals surface area (Å²) in [7, 11) is 0. The lowest BCUT2D eigenvalue weighted by atomic mass is 10.0. The quantitative estimate of drug-likeness (QED) is 0.449. The normalized spacial score (nSPS) is 12.0. The van der Waals surface area contributed by atoms with Crippen LogP contribution < -0.4 is 4.74 Å².